The van der Waals surface area contributed by atoms with Gasteiger partial charge >= 0.3 is 0 Å². The summed E-state index contributed by atoms with van der Waals surface area (Å²) < 4.78 is 6.86. The summed E-state index contributed by atoms with van der Waals surface area (Å²) >= 11 is 0. The van der Waals surface area contributed by atoms with E-state index in [0.29, 0.717) is 0 Å². The SMILES string of the molecule is CC(C)(C)c1ccc2c(c1)C1(c3cccc(n3)-c3cccc(c3)N(c3ccccc3)c3cccc(c3)-c3cccc1n3)c1cc(C(C)(C)C)ccc1O2. The van der Waals surface area contributed by atoms with E-state index < -0.39 is 5.41 Å². The van der Waals surface area contributed by atoms with Crippen LogP contribution in [-0.2, 0) is 16.2 Å². The summed E-state index contributed by atoms with van der Waals surface area (Å²) in [5.41, 5.74) is 12.3. The minimum atomic E-state index is -0.896. The smallest absolute Gasteiger partial charge is 0.132 e. The van der Waals surface area contributed by atoms with Gasteiger partial charge in [0.1, 0.15) is 16.9 Å². The first-order chi connectivity index (χ1) is 25.5. The molecule has 7 aromatic rings. The summed E-state index contributed by atoms with van der Waals surface area (Å²) in [6.45, 7) is 13.6. The molecule has 2 aliphatic heterocycles. The van der Waals surface area contributed by atoms with E-state index in [0.717, 1.165) is 73.6 Å². The molecule has 2 aliphatic rings. The minimum Gasteiger partial charge on any atom is -0.457 e. The molecule has 4 heterocycles. The van der Waals surface area contributed by atoms with Gasteiger partial charge < -0.3 is 9.64 Å². The van der Waals surface area contributed by atoms with Crippen molar-refractivity contribution >= 4 is 17.1 Å². The Balaban J connectivity index is 1.43. The Hall–Kier alpha value is -6.00. The molecule has 0 unspecified atom stereocenters. The van der Waals surface area contributed by atoms with E-state index in [2.05, 4.69) is 198 Å². The summed E-state index contributed by atoms with van der Waals surface area (Å²) in [5, 5.41) is 0. The molecule has 0 fully saturated rings. The zero-order valence-electron chi connectivity index (χ0n) is 31.2. The topological polar surface area (TPSA) is 38.2 Å². The molecule has 0 amide bonds. The van der Waals surface area contributed by atoms with Crippen LogP contribution in [0.4, 0.5) is 17.1 Å². The fourth-order valence-electron chi connectivity index (χ4n) is 7.95. The van der Waals surface area contributed by atoms with Crippen LogP contribution in [0.15, 0.2) is 152 Å². The fourth-order valence-corrected chi connectivity index (χ4v) is 7.95. The molecule has 260 valence electrons. The molecule has 0 radical (unpaired) electrons. The fraction of sp³-hybridized carbons (Fsp3) is 0.184. The van der Waals surface area contributed by atoms with Gasteiger partial charge in [-0.05, 0) is 107 Å². The molecule has 2 aromatic heterocycles. The molecule has 53 heavy (non-hydrogen) atoms. The first kappa shape index (κ1) is 32.9. The number of rotatable bonds is 1. The first-order valence-electron chi connectivity index (χ1n) is 18.5. The lowest BCUT2D eigenvalue weighted by atomic mass is 9.65. The predicted octanol–water partition coefficient (Wildman–Crippen LogP) is 12.7. The molecule has 8 bridgehead atoms. The normalized spacial score (nSPS) is 14.1. The van der Waals surface area contributed by atoms with E-state index in [-0.39, 0.29) is 10.8 Å². The second-order valence-electron chi connectivity index (χ2n) is 16.4. The molecule has 4 heteroatoms. The maximum Gasteiger partial charge on any atom is 0.132 e. The van der Waals surface area contributed by atoms with Gasteiger partial charge in [-0.15, -0.1) is 0 Å². The lowest BCUT2D eigenvalue weighted by Crippen LogP contribution is -2.37. The number of para-hydroxylation sites is 1. The van der Waals surface area contributed by atoms with Crippen LogP contribution in [0.25, 0.3) is 22.5 Å². The van der Waals surface area contributed by atoms with Crippen molar-refractivity contribution in [1.82, 2.24) is 9.97 Å². The highest BCUT2D eigenvalue weighted by Gasteiger charge is 2.49. The third-order valence-electron chi connectivity index (χ3n) is 10.8. The van der Waals surface area contributed by atoms with Crippen LogP contribution in [0.5, 0.6) is 11.5 Å². The Morgan fingerprint density at radius 1 is 0.453 bits per heavy atom. The summed E-state index contributed by atoms with van der Waals surface area (Å²) in [6, 6.07) is 54.2. The Morgan fingerprint density at radius 3 is 1.38 bits per heavy atom. The number of fused-ring (bicyclic) bond motifs is 16. The number of nitrogens with zero attached hydrogens (tertiary/aromatic N) is 3. The van der Waals surface area contributed by atoms with E-state index in [1.807, 2.05) is 0 Å². The second kappa shape index (κ2) is 12.0. The van der Waals surface area contributed by atoms with Gasteiger partial charge in [0.2, 0.25) is 0 Å². The van der Waals surface area contributed by atoms with Crippen molar-refractivity contribution in [2.45, 2.75) is 57.8 Å². The van der Waals surface area contributed by atoms with Gasteiger partial charge in [0, 0.05) is 39.3 Å². The third-order valence-corrected chi connectivity index (χ3v) is 10.8. The Bertz CT molecular complexity index is 2370. The maximum atomic E-state index is 6.86. The second-order valence-corrected chi connectivity index (χ2v) is 16.4. The molecule has 0 saturated carbocycles. The van der Waals surface area contributed by atoms with E-state index in [9.17, 15) is 0 Å². The van der Waals surface area contributed by atoms with Crippen LogP contribution in [0.3, 0.4) is 0 Å². The van der Waals surface area contributed by atoms with Crippen LogP contribution in [-0.4, -0.2) is 9.97 Å². The lowest BCUT2D eigenvalue weighted by Gasteiger charge is -2.41. The van der Waals surface area contributed by atoms with Crippen molar-refractivity contribution in [3.05, 3.63) is 185 Å². The molecule has 0 aliphatic carbocycles. The Kier molecular flexibility index (Phi) is 7.46. The minimum absolute atomic E-state index is 0.0959. The van der Waals surface area contributed by atoms with Gasteiger partial charge in [-0.1, -0.05) is 108 Å². The van der Waals surface area contributed by atoms with Gasteiger partial charge in [0.15, 0.2) is 0 Å². The number of benzene rings is 5. The largest absolute Gasteiger partial charge is 0.457 e. The molecular weight excluding hydrogens is 647 g/mol. The molecule has 5 aromatic carbocycles. The molecular formula is C49H43N3O. The zero-order valence-corrected chi connectivity index (χ0v) is 31.2. The van der Waals surface area contributed by atoms with Crippen molar-refractivity contribution in [3.8, 4) is 34.0 Å². The highest BCUT2D eigenvalue weighted by Crippen LogP contribution is 2.56. The molecule has 0 saturated heterocycles. The maximum absolute atomic E-state index is 6.86. The summed E-state index contributed by atoms with van der Waals surface area (Å²) in [5.74, 6) is 1.63. The molecule has 0 atom stereocenters. The van der Waals surface area contributed by atoms with E-state index in [1.165, 1.54) is 11.1 Å². The number of hydrogen-bond donors (Lipinski definition) is 0. The van der Waals surface area contributed by atoms with Crippen molar-refractivity contribution in [2.24, 2.45) is 0 Å². The standard InChI is InChI=1S/C49H43N3O/c1-47(2,3)34-24-26-43-39(30-34)49(40-31-35(48(4,5)6)25-27-44(40)53-43)45-22-12-20-41(50-45)32-14-10-18-37(28-32)52(36-16-8-7-9-17-36)38-19-11-15-33(29-38)42-21-13-23-46(49)51-42/h7-31H,1-6H3. The van der Waals surface area contributed by atoms with Crippen LogP contribution >= 0.6 is 0 Å². The Morgan fingerprint density at radius 2 is 0.906 bits per heavy atom. The first-order valence-corrected chi connectivity index (χ1v) is 18.5. The van der Waals surface area contributed by atoms with Crippen molar-refractivity contribution in [1.29, 1.82) is 0 Å². The Labute approximate surface area is 312 Å². The highest BCUT2D eigenvalue weighted by molar-refractivity contribution is 5.82. The average Bonchev–Trinajstić information content (AvgIpc) is 3.16. The van der Waals surface area contributed by atoms with Crippen LogP contribution < -0.4 is 9.64 Å². The van der Waals surface area contributed by atoms with Gasteiger partial charge in [-0.3, -0.25) is 9.97 Å². The van der Waals surface area contributed by atoms with Crippen molar-refractivity contribution < 1.29 is 4.74 Å². The van der Waals surface area contributed by atoms with Gasteiger partial charge in [0.05, 0.1) is 22.8 Å². The van der Waals surface area contributed by atoms with Gasteiger partial charge in [0.25, 0.3) is 0 Å². The summed E-state index contributed by atoms with van der Waals surface area (Å²) in [6.07, 6.45) is 0. The quantitative estimate of drug-likeness (QED) is 0.172. The zero-order chi connectivity index (χ0) is 36.5. The molecule has 0 N–H and O–H groups in total. The summed E-state index contributed by atoms with van der Waals surface area (Å²) in [7, 11) is 0. The number of pyridine rings is 2. The average molecular weight is 690 g/mol. The molecule has 4 nitrogen and oxygen atoms in total. The molecule has 9 rings (SSSR count). The van der Waals surface area contributed by atoms with E-state index in [1.54, 1.807) is 0 Å². The lowest BCUT2D eigenvalue weighted by molar-refractivity contribution is 0.426. The monoisotopic (exact) mass is 689 g/mol. The van der Waals surface area contributed by atoms with E-state index in [4.69, 9.17) is 14.7 Å². The van der Waals surface area contributed by atoms with Gasteiger partial charge in [-0.2, -0.15) is 0 Å². The van der Waals surface area contributed by atoms with Crippen LogP contribution in [0.1, 0.15) is 75.2 Å². The van der Waals surface area contributed by atoms with Crippen LogP contribution in [0, 0.1) is 0 Å². The van der Waals surface area contributed by atoms with Crippen molar-refractivity contribution in [2.75, 3.05) is 4.90 Å². The third kappa shape index (κ3) is 5.44. The van der Waals surface area contributed by atoms with Gasteiger partial charge in [-0.25, -0.2) is 0 Å². The van der Waals surface area contributed by atoms with Crippen LogP contribution in [0.2, 0.25) is 0 Å². The van der Waals surface area contributed by atoms with Crippen molar-refractivity contribution in [3.63, 3.8) is 0 Å². The number of anilines is 3. The summed E-state index contributed by atoms with van der Waals surface area (Å²) in [4.78, 5) is 13.6. The number of hydrogen-bond acceptors (Lipinski definition) is 4. The predicted molar refractivity (Wildman–Crippen MR) is 217 cm³/mol. The highest BCUT2D eigenvalue weighted by atomic mass is 16.5. The number of aromatic nitrogens is 2. The molecule has 1 spiro atoms. The van der Waals surface area contributed by atoms with E-state index >= 15 is 0 Å². The number of ether oxygens (including phenoxy) is 1.